The Morgan fingerprint density at radius 3 is 2.00 bits per heavy atom. The van der Waals surface area contributed by atoms with Crippen molar-refractivity contribution in [1.29, 1.82) is 0 Å². The zero-order valence-electron chi connectivity index (χ0n) is 7.55. The average molecular weight is 154 g/mol. The van der Waals surface area contributed by atoms with Gasteiger partial charge in [0.15, 0.2) is 0 Å². The molecule has 0 aromatic rings. The fraction of sp³-hybridized carbons (Fsp3) is 0.667. The number of carbonyl (C=O) groups excluding carboxylic acids is 1. The van der Waals surface area contributed by atoms with Crippen molar-refractivity contribution in [3.8, 4) is 0 Å². The molecular formula is C6H11NaO3. The number of carboxylic acids is 1. The summed E-state index contributed by atoms with van der Waals surface area (Å²) < 4.78 is 0. The Morgan fingerprint density at radius 1 is 1.50 bits per heavy atom. The Hall–Kier alpha value is 0.140. The summed E-state index contributed by atoms with van der Waals surface area (Å²) in [5.74, 6) is -1.90. The van der Waals surface area contributed by atoms with Crippen LogP contribution in [0.3, 0.4) is 0 Å². The second-order valence-corrected chi connectivity index (χ2v) is 2.33. The van der Waals surface area contributed by atoms with E-state index in [9.17, 15) is 9.59 Å². The zero-order valence-corrected chi connectivity index (χ0v) is 8.55. The van der Waals surface area contributed by atoms with Crippen molar-refractivity contribution in [2.24, 2.45) is 5.92 Å². The van der Waals surface area contributed by atoms with Crippen molar-refractivity contribution in [2.45, 2.75) is 20.3 Å². The van der Waals surface area contributed by atoms with Gasteiger partial charge >= 0.3 is 35.5 Å². The van der Waals surface area contributed by atoms with Crippen LogP contribution >= 0.6 is 0 Å². The van der Waals surface area contributed by atoms with E-state index in [1.165, 1.54) is 0 Å². The van der Waals surface area contributed by atoms with Crippen LogP contribution in [0.4, 0.5) is 0 Å². The maximum Gasteiger partial charge on any atom is 1.00 e. The van der Waals surface area contributed by atoms with Gasteiger partial charge < -0.3 is 6.53 Å². The summed E-state index contributed by atoms with van der Waals surface area (Å²) in [5.41, 5.74) is 0. The summed E-state index contributed by atoms with van der Waals surface area (Å²) in [5, 5.41) is 8.08. The minimum absolute atomic E-state index is 0. The Bertz CT molecular complexity index is 136. The second-order valence-electron chi connectivity index (χ2n) is 2.33. The van der Waals surface area contributed by atoms with Gasteiger partial charge in [-0.3, -0.25) is 4.79 Å². The molecule has 0 aromatic heterocycles. The molecule has 0 bridgehead atoms. The van der Waals surface area contributed by atoms with Crippen LogP contribution in [-0.4, -0.2) is 16.9 Å². The largest absolute Gasteiger partial charge is 1.00 e. The number of aliphatic carboxylic acids is 1. The predicted molar refractivity (Wildman–Crippen MR) is 33.2 cm³/mol. The smallest absolute Gasteiger partial charge is 1.00 e. The van der Waals surface area contributed by atoms with Gasteiger partial charge in [0.05, 0.1) is 0 Å². The molecule has 0 radical (unpaired) electrons. The molecule has 0 unspecified atom stereocenters. The standard InChI is InChI=1S/C6H10O3.Na.H/c1-4(2)3-5(7)6(8)9;;/h4H,3H2,1-2H3,(H,8,9);;/q;+1;-1. The molecule has 4 heteroatoms. The van der Waals surface area contributed by atoms with E-state index in [4.69, 9.17) is 5.11 Å². The third-order valence-electron chi connectivity index (χ3n) is 0.832. The monoisotopic (exact) mass is 154 g/mol. The van der Waals surface area contributed by atoms with Crippen molar-refractivity contribution in [3.05, 3.63) is 0 Å². The molecule has 0 rings (SSSR count). The molecule has 1 N–H and O–H groups in total. The molecule has 0 aliphatic carbocycles. The number of hydrogen-bond donors (Lipinski definition) is 1. The van der Waals surface area contributed by atoms with Crippen molar-refractivity contribution in [3.63, 3.8) is 0 Å². The summed E-state index contributed by atoms with van der Waals surface area (Å²) in [7, 11) is 0. The minimum atomic E-state index is -1.33. The molecule has 0 saturated carbocycles. The Labute approximate surface area is 83.6 Å². The molecule has 3 nitrogen and oxygen atoms in total. The van der Waals surface area contributed by atoms with Crippen LogP contribution in [0.15, 0.2) is 0 Å². The van der Waals surface area contributed by atoms with E-state index in [-0.39, 0.29) is 43.3 Å². The van der Waals surface area contributed by atoms with Gasteiger partial charge in [0.25, 0.3) is 0 Å². The number of ketones is 1. The van der Waals surface area contributed by atoms with Crippen LogP contribution in [0.1, 0.15) is 21.7 Å². The summed E-state index contributed by atoms with van der Waals surface area (Å²) in [4.78, 5) is 20.2. The van der Waals surface area contributed by atoms with E-state index in [1.807, 2.05) is 0 Å². The second kappa shape index (κ2) is 5.89. The van der Waals surface area contributed by atoms with Gasteiger partial charge in [-0.25, -0.2) is 4.79 Å². The first kappa shape index (κ1) is 12.8. The SMILES string of the molecule is CC(C)CC(=O)C(=O)O.[H-].[Na+]. The van der Waals surface area contributed by atoms with E-state index in [0.29, 0.717) is 0 Å². The average Bonchev–Trinajstić information content (AvgIpc) is 1.63. The van der Waals surface area contributed by atoms with E-state index >= 15 is 0 Å². The summed E-state index contributed by atoms with van der Waals surface area (Å²) in [6, 6.07) is 0. The molecule has 0 fully saturated rings. The van der Waals surface area contributed by atoms with Crippen molar-refractivity contribution >= 4 is 11.8 Å². The molecular weight excluding hydrogens is 143 g/mol. The molecule has 0 saturated heterocycles. The summed E-state index contributed by atoms with van der Waals surface area (Å²) >= 11 is 0. The van der Waals surface area contributed by atoms with Crippen LogP contribution in [0, 0.1) is 5.92 Å². The number of carboxylic acid groups (broad SMARTS) is 1. The van der Waals surface area contributed by atoms with Gasteiger partial charge in [-0.15, -0.1) is 0 Å². The minimum Gasteiger partial charge on any atom is -1.00 e. The van der Waals surface area contributed by atoms with Gasteiger partial charge in [-0.05, 0) is 5.92 Å². The van der Waals surface area contributed by atoms with Gasteiger partial charge in [-0.1, -0.05) is 13.8 Å². The van der Waals surface area contributed by atoms with E-state index in [2.05, 4.69) is 0 Å². The molecule has 54 valence electrons. The predicted octanol–water partition coefficient (Wildman–Crippen LogP) is -2.20. The van der Waals surface area contributed by atoms with Crippen LogP contribution in [0.5, 0.6) is 0 Å². The first-order valence-electron chi connectivity index (χ1n) is 2.80. The molecule has 0 amide bonds. The number of Topliss-reactive ketones (excluding diaryl/α,β-unsaturated/α-hetero) is 1. The van der Waals surface area contributed by atoms with E-state index < -0.39 is 11.8 Å². The maximum absolute atomic E-state index is 10.4. The Kier molecular flexibility index (Phi) is 7.53. The molecule has 0 spiro atoms. The molecule has 0 aromatic carbocycles. The van der Waals surface area contributed by atoms with Gasteiger partial charge in [0.1, 0.15) is 0 Å². The Balaban J connectivity index is -0.000000320. The van der Waals surface area contributed by atoms with Crippen molar-refractivity contribution in [2.75, 3.05) is 0 Å². The molecule has 0 aliphatic rings. The third kappa shape index (κ3) is 6.26. The maximum atomic E-state index is 10.4. The normalized spacial score (nSPS) is 8.70. The van der Waals surface area contributed by atoms with Crippen molar-refractivity contribution < 1.29 is 45.7 Å². The first-order chi connectivity index (χ1) is 4.04. The zero-order chi connectivity index (χ0) is 7.44. The Morgan fingerprint density at radius 2 is 1.90 bits per heavy atom. The number of hydrogen-bond acceptors (Lipinski definition) is 2. The van der Waals surface area contributed by atoms with Gasteiger partial charge in [0.2, 0.25) is 5.78 Å². The van der Waals surface area contributed by atoms with E-state index in [0.717, 1.165) is 0 Å². The number of rotatable bonds is 3. The summed E-state index contributed by atoms with van der Waals surface area (Å²) in [6.45, 7) is 3.61. The quantitative estimate of drug-likeness (QED) is 0.371. The van der Waals surface area contributed by atoms with Gasteiger partial charge in [-0.2, -0.15) is 0 Å². The van der Waals surface area contributed by atoms with Crippen LogP contribution in [0.25, 0.3) is 0 Å². The molecule has 0 heterocycles. The van der Waals surface area contributed by atoms with Crippen LogP contribution in [-0.2, 0) is 9.59 Å². The van der Waals surface area contributed by atoms with E-state index in [1.54, 1.807) is 13.8 Å². The summed E-state index contributed by atoms with van der Waals surface area (Å²) in [6.07, 6.45) is 0.134. The molecule has 10 heavy (non-hydrogen) atoms. The molecule has 0 atom stereocenters. The fourth-order valence-corrected chi connectivity index (χ4v) is 0.458. The first-order valence-corrected chi connectivity index (χ1v) is 2.80. The van der Waals surface area contributed by atoms with Gasteiger partial charge in [0, 0.05) is 6.42 Å². The van der Waals surface area contributed by atoms with Crippen molar-refractivity contribution in [1.82, 2.24) is 0 Å². The van der Waals surface area contributed by atoms with Crippen LogP contribution < -0.4 is 29.6 Å². The molecule has 0 aliphatic heterocycles. The topological polar surface area (TPSA) is 54.4 Å². The van der Waals surface area contributed by atoms with Crippen LogP contribution in [0.2, 0.25) is 0 Å². The number of carbonyl (C=O) groups is 2. The third-order valence-corrected chi connectivity index (χ3v) is 0.832. The fourth-order valence-electron chi connectivity index (χ4n) is 0.458.